The second-order valence-electron chi connectivity index (χ2n) is 9.17. The number of carbonyl (C=O) groups excluding carboxylic acids is 2. The molecule has 6 heteroatoms. The lowest BCUT2D eigenvalue weighted by Crippen LogP contribution is -2.45. The standard InChI is InChI=1S/C21H27N3O3/c1-20(2,3)12-24-13-21-9-8-15(27-21)16(17(21)19(24)26)18(25)23(4)11-14-7-5-6-10-22-14/h5-10,15-17H,11-13H2,1-4H3/t15-,16?,17?,21-/m1/s1. The van der Waals surface area contributed by atoms with Crippen LogP contribution in [0.4, 0.5) is 0 Å². The minimum absolute atomic E-state index is 0.00192. The minimum Gasteiger partial charge on any atom is -0.360 e. The van der Waals surface area contributed by atoms with Gasteiger partial charge in [-0.25, -0.2) is 0 Å². The van der Waals surface area contributed by atoms with Crippen molar-refractivity contribution in [3.05, 3.63) is 42.2 Å². The summed E-state index contributed by atoms with van der Waals surface area (Å²) >= 11 is 0. The zero-order valence-electron chi connectivity index (χ0n) is 16.4. The molecule has 4 heterocycles. The van der Waals surface area contributed by atoms with Gasteiger partial charge in [-0.2, -0.15) is 0 Å². The molecule has 0 saturated carbocycles. The molecule has 4 atom stereocenters. The SMILES string of the molecule is CN(Cc1ccccn1)C(=O)C1C2C(=O)N(CC(C)(C)C)C[C@]23C=C[C@H]1O3. The number of hydrogen-bond acceptors (Lipinski definition) is 4. The third-order valence-electron chi connectivity index (χ3n) is 5.63. The van der Waals surface area contributed by atoms with Gasteiger partial charge in [0.2, 0.25) is 11.8 Å². The van der Waals surface area contributed by atoms with Gasteiger partial charge in [0.1, 0.15) is 5.60 Å². The van der Waals surface area contributed by atoms with Crippen LogP contribution in [0.25, 0.3) is 0 Å². The molecule has 0 aromatic carbocycles. The maximum Gasteiger partial charge on any atom is 0.230 e. The highest BCUT2D eigenvalue weighted by Crippen LogP contribution is 2.52. The van der Waals surface area contributed by atoms with Gasteiger partial charge >= 0.3 is 0 Å². The number of likely N-dealkylation sites (tertiary alicyclic amines) is 1. The van der Waals surface area contributed by atoms with E-state index in [-0.39, 0.29) is 23.3 Å². The fourth-order valence-electron chi connectivity index (χ4n) is 4.63. The number of carbonyl (C=O) groups is 2. The van der Waals surface area contributed by atoms with Crippen LogP contribution in [0.5, 0.6) is 0 Å². The largest absolute Gasteiger partial charge is 0.360 e. The van der Waals surface area contributed by atoms with Crippen LogP contribution in [0.1, 0.15) is 26.5 Å². The number of ether oxygens (including phenoxy) is 1. The number of rotatable bonds is 4. The number of pyridine rings is 1. The Morgan fingerprint density at radius 3 is 2.85 bits per heavy atom. The third-order valence-corrected chi connectivity index (χ3v) is 5.63. The summed E-state index contributed by atoms with van der Waals surface area (Å²) in [6, 6.07) is 5.66. The summed E-state index contributed by atoms with van der Waals surface area (Å²) in [5.41, 5.74) is 0.191. The van der Waals surface area contributed by atoms with Crippen LogP contribution in [-0.2, 0) is 20.9 Å². The second-order valence-corrected chi connectivity index (χ2v) is 9.17. The van der Waals surface area contributed by atoms with Gasteiger partial charge in [-0.1, -0.05) is 39.0 Å². The number of nitrogens with zero attached hydrogens (tertiary/aromatic N) is 3. The van der Waals surface area contributed by atoms with Crippen LogP contribution < -0.4 is 0 Å². The van der Waals surface area contributed by atoms with Crippen molar-refractivity contribution in [1.82, 2.24) is 14.8 Å². The van der Waals surface area contributed by atoms with E-state index in [1.807, 2.05) is 35.3 Å². The molecule has 4 rings (SSSR count). The highest BCUT2D eigenvalue weighted by Gasteiger charge is 2.67. The summed E-state index contributed by atoms with van der Waals surface area (Å²) in [6.07, 6.45) is 5.37. The van der Waals surface area contributed by atoms with Crippen LogP contribution in [0.2, 0.25) is 0 Å². The zero-order valence-corrected chi connectivity index (χ0v) is 16.4. The van der Waals surface area contributed by atoms with Gasteiger partial charge < -0.3 is 14.5 Å². The quantitative estimate of drug-likeness (QED) is 0.760. The van der Waals surface area contributed by atoms with E-state index in [4.69, 9.17) is 4.74 Å². The van der Waals surface area contributed by atoms with Crippen molar-refractivity contribution >= 4 is 11.8 Å². The molecule has 0 radical (unpaired) electrons. The lowest BCUT2D eigenvalue weighted by Gasteiger charge is -2.29. The van der Waals surface area contributed by atoms with Crippen LogP contribution >= 0.6 is 0 Å². The fraction of sp³-hybridized carbons (Fsp3) is 0.571. The van der Waals surface area contributed by atoms with E-state index in [9.17, 15) is 9.59 Å². The Hall–Kier alpha value is -2.21. The van der Waals surface area contributed by atoms with Gasteiger partial charge in [-0.15, -0.1) is 0 Å². The van der Waals surface area contributed by atoms with Gasteiger partial charge in [0, 0.05) is 19.8 Å². The van der Waals surface area contributed by atoms with Crippen LogP contribution in [0.15, 0.2) is 36.5 Å². The highest BCUT2D eigenvalue weighted by atomic mass is 16.5. The van der Waals surface area contributed by atoms with E-state index < -0.39 is 17.4 Å². The second kappa shape index (κ2) is 6.16. The van der Waals surface area contributed by atoms with Crippen molar-refractivity contribution in [1.29, 1.82) is 0 Å². The third kappa shape index (κ3) is 3.06. The molecule has 1 aromatic heterocycles. The van der Waals surface area contributed by atoms with E-state index in [0.717, 1.165) is 5.69 Å². The molecule has 2 fully saturated rings. The van der Waals surface area contributed by atoms with E-state index in [0.29, 0.717) is 19.6 Å². The smallest absolute Gasteiger partial charge is 0.230 e. The van der Waals surface area contributed by atoms with E-state index >= 15 is 0 Å². The lowest BCUT2D eigenvalue weighted by molar-refractivity contribution is -0.143. The molecule has 0 N–H and O–H groups in total. The Bertz CT molecular complexity index is 786. The lowest BCUT2D eigenvalue weighted by atomic mass is 9.76. The van der Waals surface area contributed by atoms with Crippen molar-refractivity contribution in [2.75, 3.05) is 20.1 Å². The summed E-state index contributed by atoms with van der Waals surface area (Å²) in [4.78, 5) is 34.2. The van der Waals surface area contributed by atoms with Crippen molar-refractivity contribution in [3.8, 4) is 0 Å². The molecular formula is C21H27N3O3. The minimum atomic E-state index is -0.640. The predicted octanol–water partition coefficient (Wildman–Crippen LogP) is 1.87. The number of aromatic nitrogens is 1. The maximum atomic E-state index is 13.2. The summed E-state index contributed by atoms with van der Waals surface area (Å²) in [6.45, 7) is 7.97. The topological polar surface area (TPSA) is 62.7 Å². The maximum absolute atomic E-state index is 13.2. The van der Waals surface area contributed by atoms with Gasteiger partial charge in [0.25, 0.3) is 0 Å². The summed E-state index contributed by atoms with van der Waals surface area (Å²) in [7, 11) is 1.77. The molecule has 144 valence electrons. The van der Waals surface area contributed by atoms with Gasteiger partial charge in [-0.3, -0.25) is 14.6 Å². The van der Waals surface area contributed by atoms with Crippen LogP contribution in [0.3, 0.4) is 0 Å². The first-order valence-electron chi connectivity index (χ1n) is 9.51. The van der Waals surface area contributed by atoms with Gasteiger partial charge in [0.05, 0.1) is 36.7 Å². The highest BCUT2D eigenvalue weighted by molar-refractivity contribution is 5.93. The molecule has 2 amide bonds. The van der Waals surface area contributed by atoms with Crippen molar-refractivity contribution in [2.24, 2.45) is 17.3 Å². The van der Waals surface area contributed by atoms with Crippen molar-refractivity contribution < 1.29 is 14.3 Å². The molecule has 1 spiro atoms. The molecule has 2 unspecified atom stereocenters. The molecule has 2 bridgehead atoms. The van der Waals surface area contributed by atoms with Crippen LogP contribution in [0, 0.1) is 17.3 Å². The van der Waals surface area contributed by atoms with E-state index in [2.05, 4.69) is 25.8 Å². The summed E-state index contributed by atoms with van der Waals surface area (Å²) in [5, 5.41) is 0. The van der Waals surface area contributed by atoms with Gasteiger partial charge in [0.15, 0.2) is 0 Å². The molecule has 1 aromatic rings. The molecule has 2 saturated heterocycles. The average Bonchev–Trinajstić information content (AvgIpc) is 3.22. The number of fused-ring (bicyclic) bond motifs is 1. The molecule has 0 aliphatic carbocycles. The molecule has 27 heavy (non-hydrogen) atoms. The van der Waals surface area contributed by atoms with Crippen molar-refractivity contribution in [2.45, 2.75) is 39.0 Å². The normalized spacial score (nSPS) is 31.5. The molecule has 3 aliphatic heterocycles. The Morgan fingerprint density at radius 2 is 2.19 bits per heavy atom. The predicted molar refractivity (Wildman–Crippen MR) is 100 cm³/mol. The first-order chi connectivity index (χ1) is 12.7. The Labute approximate surface area is 160 Å². The summed E-state index contributed by atoms with van der Waals surface area (Å²) < 4.78 is 6.20. The van der Waals surface area contributed by atoms with Gasteiger partial charge in [-0.05, 0) is 17.5 Å². The monoisotopic (exact) mass is 369 g/mol. The Balaban J connectivity index is 1.55. The Kier molecular flexibility index (Phi) is 4.14. The molecule has 3 aliphatic rings. The Morgan fingerprint density at radius 1 is 1.41 bits per heavy atom. The molecule has 6 nitrogen and oxygen atoms in total. The van der Waals surface area contributed by atoms with Crippen LogP contribution in [-0.4, -0.2) is 58.4 Å². The number of amides is 2. The fourth-order valence-corrected chi connectivity index (χ4v) is 4.63. The summed E-state index contributed by atoms with van der Waals surface area (Å²) in [5.74, 6) is -0.885. The van der Waals surface area contributed by atoms with E-state index in [1.165, 1.54) is 0 Å². The average molecular weight is 369 g/mol. The van der Waals surface area contributed by atoms with Crippen molar-refractivity contribution in [3.63, 3.8) is 0 Å². The first kappa shape index (κ1) is 18.2. The zero-order chi connectivity index (χ0) is 19.4. The molecular weight excluding hydrogens is 342 g/mol. The van der Waals surface area contributed by atoms with E-state index in [1.54, 1.807) is 18.1 Å². The number of hydrogen-bond donors (Lipinski definition) is 0. The first-order valence-corrected chi connectivity index (χ1v) is 9.51.